The molecule has 0 amide bonds. The van der Waals surface area contributed by atoms with Crippen LogP contribution in [0.5, 0.6) is 0 Å². The van der Waals surface area contributed by atoms with Crippen molar-refractivity contribution in [3.8, 4) is 0 Å². The maximum atomic E-state index is 2.26. The van der Waals surface area contributed by atoms with Gasteiger partial charge in [-0.1, -0.05) is 77.3 Å². The Kier molecular flexibility index (Phi) is 13.0. The van der Waals surface area contributed by atoms with Gasteiger partial charge >= 0.3 is 0 Å². The molecule has 0 N–H and O–H groups in total. The van der Waals surface area contributed by atoms with E-state index in [1.807, 2.05) is 43.2 Å². The number of unbranched alkanes of at least 4 members (excludes halogenated alkanes) is 2. The highest BCUT2D eigenvalue weighted by Gasteiger charge is 1.97. The van der Waals surface area contributed by atoms with Gasteiger partial charge in [0.05, 0.1) is 0 Å². The first-order valence-electron chi connectivity index (χ1n) is 5.69. The van der Waals surface area contributed by atoms with Gasteiger partial charge < -0.3 is 0 Å². The molecule has 0 nitrogen and oxygen atoms in total. The molecule has 0 rings (SSSR count). The summed E-state index contributed by atoms with van der Waals surface area (Å²) in [5.74, 6) is 2.65. The summed E-state index contributed by atoms with van der Waals surface area (Å²) in [6.07, 6.45) is 4.17. The molecule has 0 saturated carbocycles. The summed E-state index contributed by atoms with van der Waals surface area (Å²) in [5, 5.41) is 1.54. The maximum absolute atomic E-state index is 2.26. The topological polar surface area (TPSA) is 0 Å². The molecule has 0 bridgehead atoms. The summed E-state index contributed by atoms with van der Waals surface area (Å²) in [5.41, 5.74) is 0. The number of hydrogen-bond acceptors (Lipinski definition) is 4. The van der Waals surface area contributed by atoms with Crippen LogP contribution in [0.25, 0.3) is 0 Å². The highest BCUT2D eigenvalue weighted by Crippen LogP contribution is 2.29. The molecule has 0 saturated heterocycles. The van der Waals surface area contributed by atoms with Gasteiger partial charge in [0.2, 0.25) is 0 Å². The monoisotopic (exact) mass is 284 g/mol. The van der Waals surface area contributed by atoms with E-state index in [-0.39, 0.29) is 0 Å². The smallest absolute Gasteiger partial charge is 0.00944 e. The third-order valence-corrected chi connectivity index (χ3v) is 7.55. The summed E-state index contributed by atoms with van der Waals surface area (Å²) in [7, 11) is 8.09. The molecule has 0 aromatic carbocycles. The van der Waals surface area contributed by atoms with Crippen LogP contribution in [0.4, 0.5) is 0 Å². The van der Waals surface area contributed by atoms with Crippen molar-refractivity contribution in [2.45, 2.75) is 57.5 Å². The fourth-order valence-corrected chi connectivity index (χ4v) is 5.17. The Morgan fingerprint density at radius 3 is 1.40 bits per heavy atom. The molecule has 0 unspecified atom stereocenters. The average molecular weight is 285 g/mol. The van der Waals surface area contributed by atoms with E-state index >= 15 is 0 Å². The van der Waals surface area contributed by atoms with Crippen LogP contribution in [0.3, 0.4) is 0 Å². The van der Waals surface area contributed by atoms with Crippen LogP contribution in [0.1, 0.15) is 47.0 Å². The predicted molar refractivity (Wildman–Crippen MR) is 84.2 cm³/mol. The van der Waals surface area contributed by atoms with E-state index < -0.39 is 0 Å². The van der Waals surface area contributed by atoms with Crippen LogP contribution in [-0.2, 0) is 0 Å². The SMILES string of the molecule is CC(C)SSCCCCCSSC(C)C. The van der Waals surface area contributed by atoms with Crippen molar-refractivity contribution in [1.29, 1.82) is 0 Å². The van der Waals surface area contributed by atoms with E-state index in [0.29, 0.717) is 0 Å². The zero-order valence-electron chi connectivity index (χ0n) is 10.3. The summed E-state index contributed by atoms with van der Waals surface area (Å²) in [4.78, 5) is 0. The summed E-state index contributed by atoms with van der Waals surface area (Å²) in [6.45, 7) is 9.05. The zero-order valence-corrected chi connectivity index (χ0v) is 13.6. The van der Waals surface area contributed by atoms with Gasteiger partial charge in [0, 0.05) is 22.0 Å². The van der Waals surface area contributed by atoms with Gasteiger partial charge in [0.15, 0.2) is 0 Å². The van der Waals surface area contributed by atoms with Gasteiger partial charge in [0.25, 0.3) is 0 Å². The zero-order chi connectivity index (χ0) is 11.5. The van der Waals surface area contributed by atoms with Gasteiger partial charge in [-0.15, -0.1) is 0 Å². The number of hydrogen-bond donors (Lipinski definition) is 0. The molecule has 0 aliphatic heterocycles. The van der Waals surface area contributed by atoms with E-state index in [9.17, 15) is 0 Å². The van der Waals surface area contributed by atoms with Crippen LogP contribution in [-0.4, -0.2) is 22.0 Å². The molecular formula is C11H24S4. The second kappa shape index (κ2) is 11.9. The maximum Gasteiger partial charge on any atom is 0.00944 e. The minimum atomic E-state index is 0.771. The average Bonchev–Trinajstić information content (AvgIpc) is 2.14. The summed E-state index contributed by atoms with van der Waals surface area (Å²) < 4.78 is 0. The Morgan fingerprint density at radius 2 is 1.07 bits per heavy atom. The molecule has 0 aromatic heterocycles. The fourth-order valence-electron chi connectivity index (χ4n) is 0.867. The van der Waals surface area contributed by atoms with E-state index in [0.717, 1.165) is 10.5 Å². The lowest BCUT2D eigenvalue weighted by Gasteiger charge is -2.04. The van der Waals surface area contributed by atoms with Crippen molar-refractivity contribution in [3.63, 3.8) is 0 Å². The third-order valence-electron chi connectivity index (χ3n) is 1.48. The lowest BCUT2D eigenvalue weighted by atomic mass is 10.3. The van der Waals surface area contributed by atoms with Gasteiger partial charge in [-0.25, -0.2) is 0 Å². The van der Waals surface area contributed by atoms with Crippen LogP contribution in [0.2, 0.25) is 0 Å². The Bertz CT molecular complexity index is 112. The van der Waals surface area contributed by atoms with Crippen LogP contribution >= 0.6 is 43.2 Å². The Hall–Kier alpha value is 1.40. The largest absolute Gasteiger partial charge is 0.0939 e. The van der Waals surface area contributed by atoms with Gasteiger partial charge in [-0.3, -0.25) is 0 Å². The molecule has 0 heterocycles. The molecule has 0 atom stereocenters. The molecule has 15 heavy (non-hydrogen) atoms. The van der Waals surface area contributed by atoms with Crippen molar-refractivity contribution in [3.05, 3.63) is 0 Å². The molecule has 4 heteroatoms. The highest BCUT2D eigenvalue weighted by atomic mass is 33.1. The lowest BCUT2D eigenvalue weighted by Crippen LogP contribution is -1.86. The molecular weight excluding hydrogens is 260 g/mol. The summed E-state index contributed by atoms with van der Waals surface area (Å²) >= 11 is 0. The second-order valence-electron chi connectivity index (χ2n) is 3.99. The Balaban J connectivity index is 2.93. The highest BCUT2D eigenvalue weighted by molar-refractivity contribution is 8.77. The van der Waals surface area contributed by atoms with Crippen molar-refractivity contribution in [1.82, 2.24) is 0 Å². The van der Waals surface area contributed by atoms with Crippen molar-refractivity contribution in [2.75, 3.05) is 11.5 Å². The standard InChI is InChI=1S/C11H24S4/c1-10(2)14-12-8-6-5-7-9-13-15-11(3)4/h10-11H,5-9H2,1-4H3. The number of rotatable bonds is 10. The van der Waals surface area contributed by atoms with E-state index in [1.165, 1.54) is 30.8 Å². The van der Waals surface area contributed by atoms with E-state index in [4.69, 9.17) is 0 Å². The van der Waals surface area contributed by atoms with Gasteiger partial charge in [-0.05, 0) is 12.8 Å². The first-order valence-corrected chi connectivity index (χ1v) is 10.5. The molecule has 92 valence electrons. The minimum Gasteiger partial charge on any atom is -0.0939 e. The molecule has 0 aliphatic carbocycles. The van der Waals surface area contributed by atoms with Crippen molar-refractivity contribution in [2.24, 2.45) is 0 Å². The van der Waals surface area contributed by atoms with E-state index in [2.05, 4.69) is 27.7 Å². The first-order chi connectivity index (χ1) is 7.13. The van der Waals surface area contributed by atoms with Crippen LogP contribution < -0.4 is 0 Å². The van der Waals surface area contributed by atoms with Crippen LogP contribution in [0, 0.1) is 0 Å². The first kappa shape index (κ1) is 16.4. The normalized spacial score (nSPS) is 11.6. The Morgan fingerprint density at radius 1 is 0.667 bits per heavy atom. The second-order valence-corrected chi connectivity index (χ2v) is 10.1. The van der Waals surface area contributed by atoms with Crippen LogP contribution in [0.15, 0.2) is 0 Å². The van der Waals surface area contributed by atoms with Gasteiger partial charge in [0.1, 0.15) is 0 Å². The molecule has 0 radical (unpaired) electrons. The van der Waals surface area contributed by atoms with Crippen molar-refractivity contribution < 1.29 is 0 Å². The predicted octanol–water partition coefficient (Wildman–Crippen LogP) is 5.74. The molecule has 0 aliphatic rings. The summed E-state index contributed by atoms with van der Waals surface area (Å²) in [6, 6.07) is 0. The molecule has 0 aromatic rings. The van der Waals surface area contributed by atoms with E-state index in [1.54, 1.807) is 0 Å². The minimum absolute atomic E-state index is 0.771. The quantitative estimate of drug-likeness (QED) is 0.370. The lowest BCUT2D eigenvalue weighted by molar-refractivity contribution is 0.788. The molecule has 0 fully saturated rings. The Labute approximate surface area is 112 Å². The molecule has 0 spiro atoms. The third kappa shape index (κ3) is 15.4. The van der Waals surface area contributed by atoms with Gasteiger partial charge in [-0.2, -0.15) is 0 Å². The van der Waals surface area contributed by atoms with Crippen molar-refractivity contribution >= 4 is 43.2 Å². The fraction of sp³-hybridized carbons (Fsp3) is 1.00.